The molecular formula is C42H51N9O10. The summed E-state index contributed by atoms with van der Waals surface area (Å²) in [5, 5.41) is 7.76. The lowest BCUT2D eigenvalue weighted by molar-refractivity contribution is -0.143. The van der Waals surface area contributed by atoms with Crippen LogP contribution < -0.4 is 21.5 Å². The Morgan fingerprint density at radius 2 is 1.56 bits per heavy atom. The number of aromatic nitrogens is 4. The van der Waals surface area contributed by atoms with Crippen molar-refractivity contribution in [3.63, 3.8) is 0 Å². The largest absolute Gasteiger partial charge is 0.460 e. The molecule has 4 aromatic rings. The van der Waals surface area contributed by atoms with Crippen molar-refractivity contribution in [1.82, 2.24) is 40.0 Å². The number of aromatic amines is 1. The number of carbonyl (C=O) groups is 6. The van der Waals surface area contributed by atoms with Crippen LogP contribution in [0.2, 0.25) is 0 Å². The first-order valence-electron chi connectivity index (χ1n) is 19.7. The zero-order valence-corrected chi connectivity index (χ0v) is 34.8. The number of H-pyrrole nitrogens is 1. The molecule has 1 aliphatic carbocycles. The van der Waals surface area contributed by atoms with Crippen LogP contribution in [0.15, 0.2) is 72.3 Å². The number of nitrogens with one attached hydrogen (secondary N) is 4. The van der Waals surface area contributed by atoms with Crippen LogP contribution in [0.3, 0.4) is 0 Å². The number of esters is 1. The molecule has 19 nitrogen and oxygen atoms in total. The van der Waals surface area contributed by atoms with E-state index in [1.54, 1.807) is 34.6 Å². The summed E-state index contributed by atoms with van der Waals surface area (Å²) in [7, 11) is 0. The van der Waals surface area contributed by atoms with Crippen LogP contribution >= 0.6 is 0 Å². The summed E-state index contributed by atoms with van der Waals surface area (Å²) >= 11 is 0. The monoisotopic (exact) mass is 841 g/mol. The Hall–Kier alpha value is -7.05. The van der Waals surface area contributed by atoms with Gasteiger partial charge in [-0.3, -0.25) is 39.2 Å². The number of carbonyl (C=O) groups excluding carboxylic acids is 6. The van der Waals surface area contributed by atoms with E-state index in [4.69, 9.17) is 14.2 Å². The molecule has 5 rings (SSSR count). The van der Waals surface area contributed by atoms with Crippen molar-refractivity contribution in [2.45, 2.75) is 52.7 Å². The molecule has 0 aliphatic heterocycles. The second-order valence-corrected chi connectivity index (χ2v) is 15.4. The van der Waals surface area contributed by atoms with Crippen LogP contribution in [-0.2, 0) is 39.9 Å². The van der Waals surface area contributed by atoms with Gasteiger partial charge in [-0.2, -0.15) is 4.98 Å². The molecule has 0 fully saturated rings. The number of ether oxygens (including phenoxy) is 3. The molecule has 0 atom stereocenters. The third-order valence-corrected chi connectivity index (χ3v) is 9.26. The third-order valence-electron chi connectivity index (χ3n) is 9.26. The molecule has 324 valence electrons. The molecule has 4 N–H and O–H groups in total. The average molecular weight is 842 g/mol. The van der Waals surface area contributed by atoms with E-state index in [-0.39, 0.29) is 62.4 Å². The number of nitrogens with zero attached hydrogens (tertiary/aromatic N) is 5. The maximum absolute atomic E-state index is 13.8. The van der Waals surface area contributed by atoms with Gasteiger partial charge in [0.25, 0.3) is 5.56 Å². The molecule has 5 amide bonds. The highest BCUT2D eigenvalue weighted by atomic mass is 16.6. The number of alkyl carbamates (subject to hydrolysis) is 1. The van der Waals surface area contributed by atoms with Crippen molar-refractivity contribution in [2.24, 2.45) is 5.92 Å². The summed E-state index contributed by atoms with van der Waals surface area (Å²) in [4.78, 5) is 104. The van der Waals surface area contributed by atoms with Crippen molar-refractivity contribution >= 4 is 53.0 Å². The van der Waals surface area contributed by atoms with Crippen LogP contribution in [0.1, 0.15) is 51.7 Å². The van der Waals surface area contributed by atoms with Gasteiger partial charge in [0.15, 0.2) is 11.2 Å². The van der Waals surface area contributed by atoms with Gasteiger partial charge in [0, 0.05) is 38.0 Å². The minimum Gasteiger partial charge on any atom is -0.460 e. The highest BCUT2D eigenvalue weighted by Crippen LogP contribution is 2.44. The minimum absolute atomic E-state index is 0.00414. The fourth-order valence-corrected chi connectivity index (χ4v) is 6.37. The molecule has 61 heavy (non-hydrogen) atoms. The first-order chi connectivity index (χ1) is 29.0. The topological polar surface area (TPSA) is 236 Å². The van der Waals surface area contributed by atoms with Gasteiger partial charge < -0.3 is 34.3 Å². The minimum atomic E-state index is -0.802. The SMILES string of the molecule is C=CCOC(=O)CN(CCNC(=O)CN(CCNC(=O)OC(C)(C)C)C(=O)Cn1cnc2c(=O)[nH]c(NC(=O)C(C)C)nc21)C(=O)OCC1c2ccccc2-c2ccccc21. The van der Waals surface area contributed by atoms with Crippen LogP contribution in [0.5, 0.6) is 0 Å². The van der Waals surface area contributed by atoms with E-state index >= 15 is 0 Å². The molecule has 0 spiro atoms. The predicted molar refractivity (Wildman–Crippen MR) is 223 cm³/mol. The van der Waals surface area contributed by atoms with E-state index in [1.807, 2.05) is 48.5 Å². The zero-order valence-electron chi connectivity index (χ0n) is 34.8. The Morgan fingerprint density at radius 1 is 0.918 bits per heavy atom. The standard InChI is InChI=1S/C42H51N9O10/c1-7-20-59-34(54)23-50(41(58)60-24-31-29-14-10-8-12-27(29)28-13-9-11-15-30(28)31)19-16-43-32(52)21-49(18-17-44-40(57)61-42(4,5)6)33(53)22-51-25-45-35-36(51)46-39(48-38(35)56)47-37(55)26(2)3/h7-15,25-26,31H,1,16-24H2,2-6H3,(H,43,52)(H,44,57)(H2,46,47,48,55,56). The maximum atomic E-state index is 13.8. The molecule has 2 aromatic heterocycles. The van der Waals surface area contributed by atoms with Crippen molar-refractivity contribution in [1.29, 1.82) is 0 Å². The zero-order chi connectivity index (χ0) is 44.3. The van der Waals surface area contributed by atoms with Crippen molar-refractivity contribution in [2.75, 3.05) is 57.8 Å². The molecule has 1 aliphatic rings. The van der Waals surface area contributed by atoms with E-state index < -0.39 is 72.6 Å². The van der Waals surface area contributed by atoms with Crippen LogP contribution in [0.4, 0.5) is 15.5 Å². The van der Waals surface area contributed by atoms with Crippen molar-refractivity contribution in [3.8, 4) is 11.1 Å². The summed E-state index contributed by atoms with van der Waals surface area (Å²) in [5.74, 6) is -3.12. The molecule has 0 bridgehead atoms. The summed E-state index contributed by atoms with van der Waals surface area (Å²) in [5.41, 5.74) is 2.61. The highest BCUT2D eigenvalue weighted by molar-refractivity contribution is 5.91. The lowest BCUT2D eigenvalue weighted by Crippen LogP contribution is -2.47. The fourth-order valence-electron chi connectivity index (χ4n) is 6.37. The number of benzene rings is 2. The van der Waals surface area contributed by atoms with E-state index in [9.17, 15) is 33.6 Å². The van der Waals surface area contributed by atoms with Gasteiger partial charge in [-0.25, -0.2) is 14.6 Å². The number of hydrogen-bond acceptors (Lipinski definition) is 12. The van der Waals surface area contributed by atoms with Crippen molar-refractivity contribution < 1.29 is 43.0 Å². The van der Waals surface area contributed by atoms with E-state index in [0.29, 0.717) is 0 Å². The Morgan fingerprint density at radius 3 is 2.20 bits per heavy atom. The Labute approximate surface area is 351 Å². The van der Waals surface area contributed by atoms with Crippen molar-refractivity contribution in [3.05, 3.63) is 89.0 Å². The molecule has 2 aromatic carbocycles. The van der Waals surface area contributed by atoms with Gasteiger partial charge in [-0.15, -0.1) is 0 Å². The number of amides is 5. The molecule has 0 saturated heterocycles. The van der Waals surface area contributed by atoms with Crippen LogP contribution in [0, 0.1) is 5.92 Å². The molecular weight excluding hydrogens is 791 g/mol. The molecule has 0 radical (unpaired) electrons. The number of imidazole rings is 1. The summed E-state index contributed by atoms with van der Waals surface area (Å²) in [6.07, 6.45) is 1.09. The van der Waals surface area contributed by atoms with E-state index in [2.05, 4.69) is 37.5 Å². The predicted octanol–water partition coefficient (Wildman–Crippen LogP) is 3.16. The Balaban J connectivity index is 1.25. The molecule has 0 saturated carbocycles. The highest BCUT2D eigenvalue weighted by Gasteiger charge is 2.30. The average Bonchev–Trinajstić information content (AvgIpc) is 3.76. The second-order valence-electron chi connectivity index (χ2n) is 15.4. The lowest BCUT2D eigenvalue weighted by atomic mass is 9.98. The molecule has 19 heteroatoms. The summed E-state index contributed by atoms with van der Waals surface area (Å²) in [6.45, 7) is 9.97. The first-order valence-corrected chi connectivity index (χ1v) is 19.7. The smallest absolute Gasteiger partial charge is 0.410 e. The summed E-state index contributed by atoms with van der Waals surface area (Å²) in [6, 6.07) is 15.7. The van der Waals surface area contributed by atoms with E-state index in [0.717, 1.165) is 27.2 Å². The quantitative estimate of drug-likeness (QED) is 0.0643. The number of hydrogen-bond donors (Lipinski definition) is 4. The van der Waals surface area contributed by atoms with Gasteiger partial charge in [0.05, 0.1) is 12.9 Å². The van der Waals surface area contributed by atoms with Gasteiger partial charge in [0.1, 0.15) is 31.9 Å². The van der Waals surface area contributed by atoms with Gasteiger partial charge in [0.2, 0.25) is 23.7 Å². The third kappa shape index (κ3) is 12.2. The molecule has 0 unspecified atom stereocenters. The van der Waals surface area contributed by atoms with Crippen LogP contribution in [0.25, 0.3) is 22.3 Å². The first kappa shape index (κ1) is 45.0. The van der Waals surface area contributed by atoms with Gasteiger partial charge >= 0.3 is 18.2 Å². The van der Waals surface area contributed by atoms with Crippen LogP contribution in [-0.4, -0.2) is 123 Å². The number of fused-ring (bicyclic) bond motifs is 4. The second kappa shape index (κ2) is 20.3. The van der Waals surface area contributed by atoms with Gasteiger partial charge in [-0.05, 0) is 43.0 Å². The Bertz CT molecular complexity index is 2290. The maximum Gasteiger partial charge on any atom is 0.410 e. The van der Waals surface area contributed by atoms with Gasteiger partial charge in [-0.1, -0.05) is 75.0 Å². The summed E-state index contributed by atoms with van der Waals surface area (Å²) < 4.78 is 17.5. The molecule has 2 heterocycles. The Kier molecular flexibility index (Phi) is 15.0. The normalized spacial score (nSPS) is 11.9. The number of anilines is 1. The van der Waals surface area contributed by atoms with E-state index in [1.165, 1.54) is 21.9 Å². The number of rotatable bonds is 18. The fraction of sp³-hybridized carbons (Fsp3) is 0.405. The lowest BCUT2D eigenvalue weighted by Gasteiger charge is -2.25.